The highest BCUT2D eigenvalue weighted by Crippen LogP contribution is 2.43. The van der Waals surface area contributed by atoms with E-state index in [4.69, 9.17) is 23.0 Å². The van der Waals surface area contributed by atoms with Crippen LogP contribution >= 0.6 is 0 Å². The maximum atomic E-state index is 11.7. The Morgan fingerprint density at radius 3 is 2.75 bits per heavy atom. The zero-order valence-corrected chi connectivity index (χ0v) is 15.4. The SMILES string of the molecule is CC1=CC(CC2(C)OC2COc2c3occc3cc3ccc(=O)oc23)OC1=O. The molecule has 4 heterocycles. The quantitative estimate of drug-likeness (QED) is 0.380. The maximum Gasteiger partial charge on any atom is 0.336 e. The van der Waals surface area contributed by atoms with Crippen molar-refractivity contribution in [3.8, 4) is 5.75 Å². The van der Waals surface area contributed by atoms with Crippen LogP contribution in [0.15, 0.2) is 55.8 Å². The zero-order chi connectivity index (χ0) is 19.5. The van der Waals surface area contributed by atoms with Gasteiger partial charge >= 0.3 is 11.6 Å². The van der Waals surface area contributed by atoms with Crippen LogP contribution in [0.5, 0.6) is 5.75 Å². The molecule has 1 saturated heterocycles. The molecule has 3 atom stereocenters. The molecule has 1 fully saturated rings. The van der Waals surface area contributed by atoms with E-state index >= 15 is 0 Å². The molecule has 0 aliphatic carbocycles. The van der Waals surface area contributed by atoms with Crippen molar-refractivity contribution in [2.75, 3.05) is 6.61 Å². The van der Waals surface area contributed by atoms with E-state index < -0.39 is 11.2 Å². The number of fused-ring (bicyclic) bond motifs is 2. The highest BCUT2D eigenvalue weighted by Gasteiger charge is 2.54. The van der Waals surface area contributed by atoms with Crippen molar-refractivity contribution < 1.29 is 27.8 Å². The van der Waals surface area contributed by atoms with Crippen molar-refractivity contribution >= 4 is 27.9 Å². The third kappa shape index (κ3) is 2.79. The van der Waals surface area contributed by atoms with Crippen molar-refractivity contribution in [1.29, 1.82) is 0 Å². The number of rotatable bonds is 5. The molecule has 3 aromatic rings. The van der Waals surface area contributed by atoms with Gasteiger partial charge in [0.15, 0.2) is 11.2 Å². The lowest BCUT2D eigenvalue weighted by atomic mass is 9.99. The van der Waals surface area contributed by atoms with Crippen molar-refractivity contribution in [2.24, 2.45) is 0 Å². The molecular formula is C21H18O7. The molecule has 5 rings (SSSR count). The number of epoxide rings is 1. The van der Waals surface area contributed by atoms with Gasteiger partial charge in [0.1, 0.15) is 18.8 Å². The van der Waals surface area contributed by atoms with Crippen LogP contribution in [0, 0.1) is 0 Å². The molecule has 7 heteroatoms. The van der Waals surface area contributed by atoms with Gasteiger partial charge in [-0.05, 0) is 38.1 Å². The van der Waals surface area contributed by atoms with Crippen LogP contribution in [-0.4, -0.2) is 30.4 Å². The van der Waals surface area contributed by atoms with Gasteiger partial charge in [0.25, 0.3) is 0 Å². The Labute approximate surface area is 159 Å². The third-order valence-electron chi connectivity index (χ3n) is 5.32. The van der Waals surface area contributed by atoms with Gasteiger partial charge in [-0.15, -0.1) is 0 Å². The fraction of sp³-hybridized carbons (Fsp3) is 0.333. The molecule has 1 aromatic carbocycles. The summed E-state index contributed by atoms with van der Waals surface area (Å²) < 4.78 is 28.0. The minimum absolute atomic E-state index is 0.170. The summed E-state index contributed by atoms with van der Waals surface area (Å²) >= 11 is 0. The number of furan rings is 1. The number of benzene rings is 1. The van der Waals surface area contributed by atoms with Gasteiger partial charge in [-0.1, -0.05) is 0 Å². The second kappa shape index (κ2) is 5.97. The summed E-state index contributed by atoms with van der Waals surface area (Å²) in [6.45, 7) is 3.96. The molecule has 0 radical (unpaired) electrons. The predicted octanol–water partition coefficient (Wildman–Crippen LogP) is 3.34. The molecule has 0 spiro atoms. The first kappa shape index (κ1) is 17.1. The number of hydrogen-bond donors (Lipinski definition) is 0. The number of cyclic esters (lactones) is 1. The van der Waals surface area contributed by atoms with Crippen LogP contribution in [0.2, 0.25) is 0 Å². The van der Waals surface area contributed by atoms with Crippen LogP contribution in [-0.2, 0) is 14.3 Å². The number of carbonyl (C=O) groups is 1. The highest BCUT2D eigenvalue weighted by molar-refractivity contribution is 5.99. The topological polar surface area (TPSA) is 91.4 Å². The van der Waals surface area contributed by atoms with E-state index in [0.717, 1.165) is 10.8 Å². The van der Waals surface area contributed by atoms with E-state index in [2.05, 4.69) is 0 Å². The summed E-state index contributed by atoms with van der Waals surface area (Å²) in [5, 5.41) is 1.61. The largest absolute Gasteiger partial charge is 0.483 e. The molecule has 3 unspecified atom stereocenters. The Balaban J connectivity index is 1.36. The number of hydrogen-bond acceptors (Lipinski definition) is 7. The summed E-state index contributed by atoms with van der Waals surface area (Å²) in [5.74, 6) is 0.101. The summed E-state index contributed by atoms with van der Waals surface area (Å²) in [6.07, 6.45) is 3.49. The second-order valence-corrected chi connectivity index (χ2v) is 7.45. The van der Waals surface area contributed by atoms with E-state index in [1.807, 2.05) is 25.1 Å². The van der Waals surface area contributed by atoms with Crippen LogP contribution in [0.1, 0.15) is 20.3 Å². The van der Waals surface area contributed by atoms with Crippen LogP contribution in [0.3, 0.4) is 0 Å². The molecule has 2 aliphatic heterocycles. The fourth-order valence-electron chi connectivity index (χ4n) is 3.69. The average Bonchev–Trinajstić information content (AvgIpc) is 2.94. The third-order valence-corrected chi connectivity index (χ3v) is 5.32. The molecule has 0 amide bonds. The summed E-state index contributed by atoms with van der Waals surface area (Å²) in [7, 11) is 0. The minimum atomic E-state index is -0.457. The molecule has 28 heavy (non-hydrogen) atoms. The first-order valence-corrected chi connectivity index (χ1v) is 9.07. The van der Waals surface area contributed by atoms with Gasteiger partial charge in [0.05, 0.1) is 11.9 Å². The first-order chi connectivity index (χ1) is 13.4. The molecule has 0 N–H and O–H groups in total. The number of ether oxygens (including phenoxy) is 3. The molecule has 2 aliphatic rings. The van der Waals surface area contributed by atoms with E-state index in [1.54, 1.807) is 19.3 Å². The molecule has 7 nitrogen and oxygen atoms in total. The van der Waals surface area contributed by atoms with Crippen LogP contribution < -0.4 is 10.4 Å². The van der Waals surface area contributed by atoms with E-state index in [0.29, 0.717) is 28.9 Å². The highest BCUT2D eigenvalue weighted by atomic mass is 16.6. The molecule has 0 bridgehead atoms. The number of carbonyl (C=O) groups excluding carboxylic acids is 1. The lowest BCUT2D eigenvalue weighted by Gasteiger charge is -2.12. The van der Waals surface area contributed by atoms with Crippen molar-refractivity contribution in [1.82, 2.24) is 0 Å². The van der Waals surface area contributed by atoms with E-state index in [1.165, 1.54) is 6.07 Å². The van der Waals surface area contributed by atoms with Gasteiger partial charge in [-0.25, -0.2) is 9.59 Å². The Morgan fingerprint density at radius 2 is 1.96 bits per heavy atom. The smallest absolute Gasteiger partial charge is 0.336 e. The van der Waals surface area contributed by atoms with Crippen LogP contribution in [0.25, 0.3) is 21.9 Å². The molecule has 144 valence electrons. The summed E-state index contributed by atoms with van der Waals surface area (Å²) in [6, 6.07) is 6.78. The monoisotopic (exact) mass is 382 g/mol. The van der Waals surface area contributed by atoms with E-state index in [9.17, 15) is 9.59 Å². The first-order valence-electron chi connectivity index (χ1n) is 9.07. The fourth-order valence-corrected chi connectivity index (χ4v) is 3.69. The van der Waals surface area contributed by atoms with Gasteiger partial charge < -0.3 is 23.0 Å². The molecular weight excluding hydrogens is 364 g/mol. The van der Waals surface area contributed by atoms with Crippen molar-refractivity contribution in [2.45, 2.75) is 38.1 Å². The standard InChI is InChI=1S/C21H18O7/c1-11-7-14(26-20(11)23)9-21(2)15(28-21)10-25-19-17-13(5-6-24-17)8-12-3-4-16(22)27-18(12)19/h3-8,14-15H,9-10H2,1-2H3. The van der Waals surface area contributed by atoms with Gasteiger partial charge in [0, 0.05) is 28.8 Å². The normalized spacial score (nSPS) is 26.5. The summed E-state index contributed by atoms with van der Waals surface area (Å²) in [4.78, 5) is 23.2. The van der Waals surface area contributed by atoms with Gasteiger partial charge in [0.2, 0.25) is 5.75 Å². The second-order valence-electron chi connectivity index (χ2n) is 7.45. The van der Waals surface area contributed by atoms with Gasteiger partial charge in [-0.3, -0.25) is 0 Å². The molecule has 2 aromatic heterocycles. The Hall–Kier alpha value is -3.06. The predicted molar refractivity (Wildman–Crippen MR) is 99.3 cm³/mol. The van der Waals surface area contributed by atoms with Gasteiger partial charge in [-0.2, -0.15) is 0 Å². The minimum Gasteiger partial charge on any atom is -0.483 e. The maximum absolute atomic E-state index is 11.7. The summed E-state index contributed by atoms with van der Waals surface area (Å²) in [5.41, 5.74) is 0.585. The Kier molecular flexibility index (Phi) is 3.64. The average molecular weight is 382 g/mol. The Morgan fingerprint density at radius 1 is 1.14 bits per heavy atom. The zero-order valence-electron chi connectivity index (χ0n) is 15.4. The Bertz CT molecular complexity index is 1180. The van der Waals surface area contributed by atoms with Crippen molar-refractivity contribution in [3.63, 3.8) is 0 Å². The lowest BCUT2D eigenvalue weighted by Crippen LogP contribution is -2.22. The lowest BCUT2D eigenvalue weighted by molar-refractivity contribution is -0.140. The van der Waals surface area contributed by atoms with Crippen LogP contribution in [0.4, 0.5) is 0 Å². The molecule has 0 saturated carbocycles. The number of esters is 1. The van der Waals surface area contributed by atoms with E-state index in [-0.39, 0.29) is 24.8 Å². The van der Waals surface area contributed by atoms with Crippen molar-refractivity contribution in [3.05, 3.63) is 52.6 Å².